The average molecular weight is 373 g/mol. The molecule has 0 saturated carbocycles. The standard InChI is InChI=1S/C19H23N3O5/c1-3-13(2)21-19(25)22-17(23)12-27-18(24)15-8-4-5-9-16(15)20-11-14-7-6-10-26-14/h4-10,13,20H,3,11-12H2,1-2H3,(H2,21,22,23,25)/t13-/m1/s1. The van der Waals surface area contributed by atoms with Gasteiger partial charge in [0, 0.05) is 11.7 Å². The summed E-state index contributed by atoms with van der Waals surface area (Å²) < 4.78 is 10.2. The zero-order chi connectivity index (χ0) is 19.6. The zero-order valence-electron chi connectivity index (χ0n) is 15.3. The number of furan rings is 1. The molecule has 0 aliphatic rings. The van der Waals surface area contributed by atoms with E-state index in [9.17, 15) is 14.4 Å². The number of nitrogens with one attached hydrogen (secondary N) is 3. The molecular formula is C19H23N3O5. The maximum atomic E-state index is 12.3. The number of benzene rings is 1. The Morgan fingerprint density at radius 3 is 2.63 bits per heavy atom. The monoisotopic (exact) mass is 373 g/mol. The highest BCUT2D eigenvalue weighted by molar-refractivity contribution is 5.99. The van der Waals surface area contributed by atoms with Gasteiger partial charge in [-0.3, -0.25) is 10.1 Å². The summed E-state index contributed by atoms with van der Waals surface area (Å²) in [5.41, 5.74) is 0.828. The Bertz CT molecular complexity index is 773. The minimum atomic E-state index is -0.704. The van der Waals surface area contributed by atoms with Crippen molar-refractivity contribution in [2.24, 2.45) is 0 Å². The number of carbonyl (C=O) groups excluding carboxylic acids is 3. The number of para-hydroxylation sites is 1. The maximum absolute atomic E-state index is 12.3. The molecule has 8 heteroatoms. The molecular weight excluding hydrogens is 350 g/mol. The second kappa shape index (κ2) is 10.0. The SMILES string of the molecule is CC[C@@H](C)NC(=O)NC(=O)COC(=O)c1ccccc1NCc1ccco1. The molecule has 0 aliphatic carbocycles. The van der Waals surface area contributed by atoms with Crippen LogP contribution < -0.4 is 16.0 Å². The van der Waals surface area contributed by atoms with Gasteiger partial charge >= 0.3 is 12.0 Å². The van der Waals surface area contributed by atoms with Crippen LogP contribution in [-0.2, 0) is 16.1 Å². The van der Waals surface area contributed by atoms with Crippen molar-refractivity contribution in [3.63, 3.8) is 0 Å². The molecule has 2 rings (SSSR count). The van der Waals surface area contributed by atoms with E-state index < -0.39 is 24.5 Å². The minimum absolute atomic E-state index is 0.0625. The zero-order valence-corrected chi connectivity index (χ0v) is 15.3. The molecule has 1 aromatic heterocycles. The molecule has 0 radical (unpaired) electrons. The maximum Gasteiger partial charge on any atom is 0.340 e. The van der Waals surface area contributed by atoms with Crippen LogP contribution in [0.15, 0.2) is 47.1 Å². The van der Waals surface area contributed by atoms with Gasteiger partial charge in [0.15, 0.2) is 6.61 Å². The van der Waals surface area contributed by atoms with Gasteiger partial charge in [0.25, 0.3) is 5.91 Å². The van der Waals surface area contributed by atoms with Crippen LogP contribution >= 0.6 is 0 Å². The first-order valence-electron chi connectivity index (χ1n) is 8.62. The summed E-state index contributed by atoms with van der Waals surface area (Å²) in [6.07, 6.45) is 2.30. The molecule has 1 heterocycles. The Morgan fingerprint density at radius 2 is 1.93 bits per heavy atom. The summed E-state index contributed by atoms with van der Waals surface area (Å²) in [4.78, 5) is 35.6. The Balaban J connectivity index is 1.86. The Hall–Kier alpha value is -3.29. The van der Waals surface area contributed by atoms with Crippen LogP contribution in [-0.4, -0.2) is 30.6 Å². The summed E-state index contributed by atoms with van der Waals surface area (Å²) in [6.45, 7) is 3.56. The lowest BCUT2D eigenvalue weighted by Crippen LogP contribution is -2.44. The van der Waals surface area contributed by atoms with E-state index in [2.05, 4.69) is 16.0 Å². The molecule has 8 nitrogen and oxygen atoms in total. The third-order valence-electron chi connectivity index (χ3n) is 3.76. The van der Waals surface area contributed by atoms with E-state index in [-0.39, 0.29) is 11.6 Å². The van der Waals surface area contributed by atoms with Gasteiger partial charge in [-0.25, -0.2) is 9.59 Å². The van der Waals surface area contributed by atoms with Crippen molar-refractivity contribution in [3.05, 3.63) is 54.0 Å². The molecule has 0 aliphatic heterocycles. The van der Waals surface area contributed by atoms with Crippen molar-refractivity contribution in [2.75, 3.05) is 11.9 Å². The number of esters is 1. The van der Waals surface area contributed by atoms with Gasteiger partial charge in [-0.2, -0.15) is 0 Å². The predicted molar refractivity (Wildman–Crippen MR) is 99.2 cm³/mol. The second-order valence-corrected chi connectivity index (χ2v) is 5.89. The topological polar surface area (TPSA) is 110 Å². The van der Waals surface area contributed by atoms with Crippen molar-refractivity contribution in [3.8, 4) is 0 Å². The van der Waals surface area contributed by atoms with Crippen LogP contribution in [0, 0.1) is 0 Å². The van der Waals surface area contributed by atoms with Crippen molar-refractivity contribution in [1.82, 2.24) is 10.6 Å². The summed E-state index contributed by atoms with van der Waals surface area (Å²) >= 11 is 0. The molecule has 1 atom stereocenters. The summed E-state index contributed by atoms with van der Waals surface area (Å²) in [7, 11) is 0. The van der Waals surface area contributed by atoms with E-state index in [0.29, 0.717) is 18.0 Å². The van der Waals surface area contributed by atoms with E-state index in [1.807, 2.05) is 19.9 Å². The van der Waals surface area contributed by atoms with Gasteiger partial charge in [-0.1, -0.05) is 19.1 Å². The normalized spacial score (nSPS) is 11.3. The van der Waals surface area contributed by atoms with Gasteiger partial charge < -0.3 is 19.8 Å². The van der Waals surface area contributed by atoms with Crippen molar-refractivity contribution in [2.45, 2.75) is 32.9 Å². The number of amides is 3. The molecule has 0 bridgehead atoms. The number of hydrogen-bond acceptors (Lipinski definition) is 6. The fourth-order valence-electron chi connectivity index (χ4n) is 2.14. The van der Waals surface area contributed by atoms with Crippen LogP contribution in [0.3, 0.4) is 0 Å². The lowest BCUT2D eigenvalue weighted by Gasteiger charge is -2.12. The highest BCUT2D eigenvalue weighted by Crippen LogP contribution is 2.17. The lowest BCUT2D eigenvalue weighted by molar-refractivity contribution is -0.123. The summed E-state index contributed by atoms with van der Waals surface area (Å²) in [5.74, 6) is -0.662. The molecule has 2 aromatic rings. The first kappa shape index (κ1) is 20.0. The number of urea groups is 1. The molecule has 0 fully saturated rings. The molecule has 27 heavy (non-hydrogen) atoms. The fourth-order valence-corrected chi connectivity index (χ4v) is 2.14. The molecule has 0 saturated heterocycles. The van der Waals surface area contributed by atoms with Gasteiger partial charge in [0.05, 0.1) is 18.4 Å². The van der Waals surface area contributed by atoms with Crippen LogP contribution in [0.5, 0.6) is 0 Å². The number of rotatable bonds is 8. The average Bonchev–Trinajstić information content (AvgIpc) is 3.18. The molecule has 0 spiro atoms. The van der Waals surface area contributed by atoms with Crippen molar-refractivity contribution >= 4 is 23.6 Å². The summed E-state index contributed by atoms with van der Waals surface area (Å²) in [5, 5.41) is 7.79. The van der Waals surface area contributed by atoms with Gasteiger partial charge in [0.1, 0.15) is 5.76 Å². The highest BCUT2D eigenvalue weighted by Gasteiger charge is 2.16. The molecule has 3 amide bonds. The Kier molecular flexibility index (Phi) is 7.42. The number of carbonyl (C=O) groups is 3. The first-order valence-corrected chi connectivity index (χ1v) is 8.62. The van der Waals surface area contributed by atoms with Gasteiger partial charge in [0.2, 0.25) is 0 Å². The largest absolute Gasteiger partial charge is 0.467 e. The Labute approximate surface area is 157 Å². The van der Waals surface area contributed by atoms with Crippen molar-refractivity contribution < 1.29 is 23.5 Å². The first-order chi connectivity index (χ1) is 13.0. The van der Waals surface area contributed by atoms with Crippen LogP contribution in [0.2, 0.25) is 0 Å². The quantitative estimate of drug-likeness (QED) is 0.614. The van der Waals surface area contributed by atoms with Crippen LogP contribution in [0.25, 0.3) is 0 Å². The third kappa shape index (κ3) is 6.50. The number of ether oxygens (including phenoxy) is 1. The molecule has 0 unspecified atom stereocenters. The molecule has 1 aromatic carbocycles. The van der Waals surface area contributed by atoms with Crippen LogP contribution in [0.4, 0.5) is 10.5 Å². The van der Waals surface area contributed by atoms with E-state index in [0.717, 1.165) is 6.42 Å². The minimum Gasteiger partial charge on any atom is -0.467 e. The molecule has 144 valence electrons. The second-order valence-electron chi connectivity index (χ2n) is 5.89. The molecule has 3 N–H and O–H groups in total. The highest BCUT2D eigenvalue weighted by atomic mass is 16.5. The summed E-state index contributed by atoms with van der Waals surface area (Å²) in [6, 6.07) is 9.66. The van der Waals surface area contributed by atoms with E-state index in [1.165, 1.54) is 0 Å². The van der Waals surface area contributed by atoms with Gasteiger partial charge in [-0.15, -0.1) is 0 Å². The van der Waals surface area contributed by atoms with Gasteiger partial charge in [-0.05, 0) is 37.6 Å². The number of imide groups is 1. The van der Waals surface area contributed by atoms with E-state index in [1.54, 1.807) is 36.6 Å². The Morgan fingerprint density at radius 1 is 1.15 bits per heavy atom. The van der Waals surface area contributed by atoms with Crippen LogP contribution in [0.1, 0.15) is 36.4 Å². The third-order valence-corrected chi connectivity index (χ3v) is 3.76. The fraction of sp³-hybridized carbons (Fsp3) is 0.316. The number of hydrogen-bond donors (Lipinski definition) is 3. The van der Waals surface area contributed by atoms with E-state index in [4.69, 9.17) is 9.15 Å². The predicted octanol–water partition coefficient (Wildman–Crippen LogP) is 2.67. The van der Waals surface area contributed by atoms with Crippen molar-refractivity contribution in [1.29, 1.82) is 0 Å². The van der Waals surface area contributed by atoms with E-state index >= 15 is 0 Å². The number of anilines is 1. The lowest BCUT2D eigenvalue weighted by atomic mass is 10.2. The smallest absolute Gasteiger partial charge is 0.340 e.